The van der Waals surface area contributed by atoms with E-state index in [1.807, 2.05) is 37.3 Å². The van der Waals surface area contributed by atoms with Crippen LogP contribution in [0.15, 0.2) is 73.4 Å². The fourth-order valence-corrected chi connectivity index (χ4v) is 3.04. The third-order valence-corrected chi connectivity index (χ3v) is 4.57. The Bertz CT molecular complexity index is 1130. The van der Waals surface area contributed by atoms with Gasteiger partial charge in [-0.3, -0.25) is 19.7 Å². The van der Waals surface area contributed by atoms with Gasteiger partial charge in [0.2, 0.25) is 0 Å². The van der Waals surface area contributed by atoms with E-state index < -0.39 is 0 Å². The highest BCUT2D eigenvalue weighted by molar-refractivity contribution is 5.95. The molecule has 0 radical (unpaired) electrons. The van der Waals surface area contributed by atoms with Crippen molar-refractivity contribution >= 4 is 5.78 Å². The zero-order valence-electron chi connectivity index (χ0n) is 16.0. The van der Waals surface area contributed by atoms with Gasteiger partial charge in [0, 0.05) is 55.1 Å². The Hall–Kier alpha value is -3.80. The normalized spacial score (nSPS) is 10.7. The van der Waals surface area contributed by atoms with Crippen molar-refractivity contribution in [3.05, 3.63) is 102 Å². The molecule has 0 amide bonds. The minimum Gasteiger partial charge on any atom is -0.292 e. The molecule has 6 nitrogen and oxygen atoms in total. The van der Waals surface area contributed by atoms with E-state index >= 15 is 0 Å². The van der Waals surface area contributed by atoms with Crippen molar-refractivity contribution in [2.24, 2.45) is 0 Å². The number of aromatic nitrogens is 5. The third-order valence-electron chi connectivity index (χ3n) is 4.57. The van der Waals surface area contributed by atoms with Crippen molar-refractivity contribution in [2.45, 2.75) is 19.8 Å². The fourth-order valence-electron chi connectivity index (χ4n) is 3.04. The molecule has 0 N–H and O–H groups in total. The van der Waals surface area contributed by atoms with E-state index in [-0.39, 0.29) is 12.2 Å². The maximum absolute atomic E-state index is 12.4. The lowest BCUT2D eigenvalue weighted by atomic mass is 10.0. The molecule has 4 rings (SSSR count). The van der Waals surface area contributed by atoms with Crippen molar-refractivity contribution in [1.29, 1.82) is 0 Å². The molecule has 0 unspecified atom stereocenters. The van der Waals surface area contributed by atoms with Crippen molar-refractivity contribution < 1.29 is 4.79 Å². The van der Waals surface area contributed by atoms with Gasteiger partial charge in [0.25, 0.3) is 0 Å². The topological polar surface area (TPSA) is 81.5 Å². The summed E-state index contributed by atoms with van der Waals surface area (Å²) in [6.45, 7) is 1.95. The Labute approximate surface area is 168 Å². The smallest absolute Gasteiger partial charge is 0.185 e. The van der Waals surface area contributed by atoms with Crippen LogP contribution in [0.4, 0.5) is 0 Å². The summed E-state index contributed by atoms with van der Waals surface area (Å²) in [4.78, 5) is 34.3. The van der Waals surface area contributed by atoms with Crippen LogP contribution < -0.4 is 0 Å². The standard InChI is InChI=1S/C23H19N5O/c1-16-19(11-17(14-27-16)12-22(29)21-6-2-3-9-25-21)13-23-26-10-7-20(28-23)18-5-4-8-24-15-18/h2-11,14-15H,12-13H2,1H3. The number of ketones is 1. The largest absolute Gasteiger partial charge is 0.292 e. The number of rotatable bonds is 6. The zero-order valence-corrected chi connectivity index (χ0v) is 16.0. The van der Waals surface area contributed by atoms with E-state index in [0.29, 0.717) is 17.9 Å². The lowest BCUT2D eigenvalue weighted by molar-refractivity contribution is 0.0988. The van der Waals surface area contributed by atoms with Crippen molar-refractivity contribution in [1.82, 2.24) is 24.9 Å². The molecule has 4 heterocycles. The molecule has 0 aliphatic heterocycles. The molecule has 6 heteroatoms. The summed E-state index contributed by atoms with van der Waals surface area (Å²) in [5.41, 5.74) is 4.98. The van der Waals surface area contributed by atoms with Gasteiger partial charge in [0.1, 0.15) is 11.5 Å². The molecule has 0 aromatic carbocycles. The minimum absolute atomic E-state index is 0.0305. The summed E-state index contributed by atoms with van der Waals surface area (Å²) in [5, 5.41) is 0. The monoisotopic (exact) mass is 381 g/mol. The second-order valence-electron chi connectivity index (χ2n) is 6.68. The van der Waals surface area contributed by atoms with Crippen LogP contribution in [0.25, 0.3) is 11.3 Å². The lowest BCUT2D eigenvalue weighted by Gasteiger charge is -2.08. The van der Waals surface area contributed by atoms with Gasteiger partial charge in [0.15, 0.2) is 5.78 Å². The van der Waals surface area contributed by atoms with Gasteiger partial charge in [-0.1, -0.05) is 12.1 Å². The van der Waals surface area contributed by atoms with Gasteiger partial charge < -0.3 is 0 Å². The Morgan fingerprint density at radius 2 is 1.86 bits per heavy atom. The fraction of sp³-hybridized carbons (Fsp3) is 0.130. The summed E-state index contributed by atoms with van der Waals surface area (Å²) in [6.07, 6.45) is 9.43. The van der Waals surface area contributed by atoms with E-state index in [1.54, 1.807) is 43.1 Å². The number of carbonyl (C=O) groups is 1. The first-order valence-electron chi connectivity index (χ1n) is 9.30. The lowest BCUT2D eigenvalue weighted by Crippen LogP contribution is -2.07. The van der Waals surface area contributed by atoms with Crippen LogP contribution >= 0.6 is 0 Å². The van der Waals surface area contributed by atoms with Crippen LogP contribution in [0, 0.1) is 6.92 Å². The number of hydrogen-bond donors (Lipinski definition) is 0. The van der Waals surface area contributed by atoms with Crippen LogP contribution in [0.2, 0.25) is 0 Å². The van der Waals surface area contributed by atoms with Gasteiger partial charge in [-0.05, 0) is 48.4 Å². The average Bonchev–Trinajstić information content (AvgIpc) is 2.77. The predicted molar refractivity (Wildman–Crippen MR) is 109 cm³/mol. The second-order valence-corrected chi connectivity index (χ2v) is 6.68. The van der Waals surface area contributed by atoms with E-state index in [0.717, 1.165) is 28.1 Å². The number of Topliss-reactive ketones (excluding diaryl/α,β-unsaturated/α-hetero) is 1. The summed E-state index contributed by atoms with van der Waals surface area (Å²) in [5.74, 6) is 0.668. The van der Waals surface area contributed by atoms with E-state index in [1.165, 1.54) is 0 Å². The van der Waals surface area contributed by atoms with Crippen molar-refractivity contribution in [3.63, 3.8) is 0 Å². The Kier molecular flexibility index (Phi) is 5.42. The van der Waals surface area contributed by atoms with Gasteiger partial charge in [-0.15, -0.1) is 0 Å². The molecule has 4 aromatic heterocycles. The van der Waals surface area contributed by atoms with Crippen LogP contribution in [0.5, 0.6) is 0 Å². The molecule has 0 aliphatic carbocycles. The van der Waals surface area contributed by atoms with Crippen LogP contribution in [0.3, 0.4) is 0 Å². The molecule has 0 atom stereocenters. The molecule has 0 aliphatic rings. The molecular formula is C23H19N5O. The van der Waals surface area contributed by atoms with Crippen LogP contribution in [-0.2, 0) is 12.8 Å². The highest BCUT2D eigenvalue weighted by Crippen LogP contribution is 2.17. The Morgan fingerprint density at radius 3 is 2.66 bits per heavy atom. The molecule has 29 heavy (non-hydrogen) atoms. The molecule has 142 valence electrons. The Balaban J connectivity index is 1.55. The number of hydrogen-bond acceptors (Lipinski definition) is 6. The number of aryl methyl sites for hydroxylation is 1. The van der Waals surface area contributed by atoms with Gasteiger partial charge >= 0.3 is 0 Å². The van der Waals surface area contributed by atoms with Crippen molar-refractivity contribution in [2.75, 3.05) is 0 Å². The number of carbonyl (C=O) groups excluding carboxylic acids is 1. The quantitative estimate of drug-likeness (QED) is 0.474. The third kappa shape index (κ3) is 4.55. The summed E-state index contributed by atoms with van der Waals surface area (Å²) >= 11 is 0. The number of pyridine rings is 3. The van der Waals surface area contributed by atoms with Crippen molar-refractivity contribution in [3.8, 4) is 11.3 Å². The molecule has 0 bridgehead atoms. The maximum Gasteiger partial charge on any atom is 0.185 e. The van der Waals surface area contributed by atoms with Gasteiger partial charge in [-0.25, -0.2) is 9.97 Å². The van der Waals surface area contributed by atoms with Crippen LogP contribution in [0.1, 0.15) is 33.1 Å². The van der Waals surface area contributed by atoms with E-state index in [4.69, 9.17) is 0 Å². The minimum atomic E-state index is -0.0305. The molecule has 0 spiro atoms. The zero-order chi connectivity index (χ0) is 20.1. The first-order valence-corrected chi connectivity index (χ1v) is 9.30. The van der Waals surface area contributed by atoms with E-state index in [2.05, 4.69) is 24.9 Å². The Morgan fingerprint density at radius 1 is 0.931 bits per heavy atom. The average molecular weight is 381 g/mol. The summed E-state index contributed by atoms with van der Waals surface area (Å²) in [7, 11) is 0. The SMILES string of the molecule is Cc1ncc(CC(=O)c2ccccn2)cc1Cc1nccc(-c2cccnc2)n1. The number of nitrogens with zero attached hydrogens (tertiary/aromatic N) is 5. The second kappa shape index (κ2) is 8.48. The summed E-state index contributed by atoms with van der Waals surface area (Å²) < 4.78 is 0. The molecule has 0 saturated heterocycles. The van der Waals surface area contributed by atoms with Gasteiger partial charge in [-0.2, -0.15) is 0 Å². The summed E-state index contributed by atoms with van der Waals surface area (Å²) in [6, 6.07) is 13.1. The first-order chi connectivity index (χ1) is 14.2. The van der Waals surface area contributed by atoms with Gasteiger partial charge in [0.05, 0.1) is 5.69 Å². The molecular weight excluding hydrogens is 362 g/mol. The first kappa shape index (κ1) is 18.6. The van der Waals surface area contributed by atoms with E-state index in [9.17, 15) is 4.79 Å². The highest BCUT2D eigenvalue weighted by atomic mass is 16.1. The predicted octanol–water partition coefficient (Wildman–Crippen LogP) is 3.65. The maximum atomic E-state index is 12.4. The molecule has 0 saturated carbocycles. The molecule has 4 aromatic rings. The van der Waals surface area contributed by atoms with Crippen LogP contribution in [-0.4, -0.2) is 30.7 Å². The highest BCUT2D eigenvalue weighted by Gasteiger charge is 2.11. The molecule has 0 fully saturated rings.